The van der Waals surface area contributed by atoms with E-state index in [1.54, 1.807) is 0 Å². The maximum Gasteiger partial charge on any atom is 0.104 e. The molecule has 2 heterocycles. The molecule has 0 saturated carbocycles. The van der Waals surface area contributed by atoms with Gasteiger partial charge in [-0.05, 0) is 37.6 Å². The molecule has 1 fully saturated rings. The van der Waals surface area contributed by atoms with E-state index in [1.165, 1.54) is 25.9 Å². The van der Waals surface area contributed by atoms with Crippen molar-refractivity contribution in [3.05, 3.63) is 47.3 Å². The summed E-state index contributed by atoms with van der Waals surface area (Å²) >= 11 is 0. The van der Waals surface area contributed by atoms with Gasteiger partial charge in [-0.2, -0.15) is 0 Å². The standard InChI is InChI=1S/C17H23N5/c18-14-16-17(9-8-15-6-2-1-3-7-15)22(20-19-16)13-12-21-10-4-5-11-21/h1-3,6-9H,4-5,10-14,18H2/b9-8+. The molecule has 1 aliphatic rings. The van der Waals surface area contributed by atoms with Crippen molar-refractivity contribution in [1.29, 1.82) is 0 Å². The van der Waals surface area contributed by atoms with Crippen molar-refractivity contribution >= 4 is 12.2 Å². The fraction of sp³-hybridized carbons (Fsp3) is 0.412. The second kappa shape index (κ2) is 7.33. The molecule has 0 bridgehead atoms. The predicted molar refractivity (Wildman–Crippen MR) is 89.0 cm³/mol. The summed E-state index contributed by atoms with van der Waals surface area (Å²) in [5.74, 6) is 0. The normalized spacial score (nSPS) is 15.9. The van der Waals surface area contributed by atoms with Gasteiger partial charge in [0.25, 0.3) is 0 Å². The molecule has 2 aromatic rings. The highest BCUT2D eigenvalue weighted by Crippen LogP contribution is 2.12. The zero-order valence-electron chi connectivity index (χ0n) is 12.9. The van der Waals surface area contributed by atoms with Crippen LogP contribution in [-0.4, -0.2) is 39.5 Å². The molecular weight excluding hydrogens is 274 g/mol. The van der Waals surface area contributed by atoms with E-state index in [0.717, 1.165) is 30.0 Å². The van der Waals surface area contributed by atoms with Crippen LogP contribution in [0.2, 0.25) is 0 Å². The van der Waals surface area contributed by atoms with Gasteiger partial charge in [0.2, 0.25) is 0 Å². The molecule has 5 nitrogen and oxygen atoms in total. The first kappa shape index (κ1) is 14.9. The van der Waals surface area contributed by atoms with E-state index in [-0.39, 0.29) is 0 Å². The zero-order valence-corrected chi connectivity index (χ0v) is 12.9. The average molecular weight is 297 g/mol. The van der Waals surface area contributed by atoms with Crippen molar-refractivity contribution < 1.29 is 0 Å². The van der Waals surface area contributed by atoms with Gasteiger partial charge in [0, 0.05) is 13.1 Å². The lowest BCUT2D eigenvalue weighted by atomic mass is 10.2. The van der Waals surface area contributed by atoms with E-state index in [4.69, 9.17) is 5.73 Å². The van der Waals surface area contributed by atoms with Gasteiger partial charge in [-0.15, -0.1) is 5.10 Å². The van der Waals surface area contributed by atoms with Gasteiger partial charge in [-0.1, -0.05) is 41.6 Å². The number of aromatic nitrogens is 3. The van der Waals surface area contributed by atoms with E-state index in [2.05, 4.69) is 39.5 Å². The molecule has 0 aliphatic carbocycles. The monoisotopic (exact) mass is 297 g/mol. The van der Waals surface area contributed by atoms with Crippen LogP contribution in [0.15, 0.2) is 30.3 Å². The van der Waals surface area contributed by atoms with Crippen molar-refractivity contribution in [2.45, 2.75) is 25.9 Å². The van der Waals surface area contributed by atoms with Crippen LogP contribution >= 0.6 is 0 Å². The number of nitrogens with zero attached hydrogens (tertiary/aromatic N) is 4. The largest absolute Gasteiger partial charge is 0.325 e. The second-order valence-corrected chi connectivity index (χ2v) is 5.64. The molecule has 22 heavy (non-hydrogen) atoms. The van der Waals surface area contributed by atoms with Crippen molar-refractivity contribution in [2.24, 2.45) is 5.73 Å². The molecule has 5 heteroatoms. The molecule has 0 atom stereocenters. The molecule has 0 amide bonds. The van der Waals surface area contributed by atoms with Gasteiger partial charge in [0.1, 0.15) is 5.69 Å². The van der Waals surface area contributed by atoms with Crippen LogP contribution in [0.3, 0.4) is 0 Å². The van der Waals surface area contributed by atoms with Crippen LogP contribution < -0.4 is 5.73 Å². The van der Waals surface area contributed by atoms with Crippen LogP contribution in [0.4, 0.5) is 0 Å². The number of benzene rings is 1. The number of likely N-dealkylation sites (tertiary alicyclic amines) is 1. The molecule has 0 unspecified atom stereocenters. The summed E-state index contributed by atoms with van der Waals surface area (Å²) < 4.78 is 1.97. The molecule has 0 spiro atoms. The van der Waals surface area contributed by atoms with E-state index in [9.17, 15) is 0 Å². The molecule has 0 radical (unpaired) electrons. The van der Waals surface area contributed by atoms with E-state index in [0.29, 0.717) is 6.54 Å². The average Bonchev–Trinajstić information content (AvgIpc) is 3.21. The summed E-state index contributed by atoms with van der Waals surface area (Å²) in [4.78, 5) is 2.48. The SMILES string of the molecule is NCc1nnn(CCN2CCCC2)c1/C=C/c1ccccc1. The maximum absolute atomic E-state index is 5.79. The number of nitrogens with two attached hydrogens (primary N) is 1. The van der Waals surface area contributed by atoms with Gasteiger partial charge < -0.3 is 10.6 Å². The Kier molecular flexibility index (Phi) is 4.98. The molecule has 1 aliphatic heterocycles. The highest BCUT2D eigenvalue weighted by molar-refractivity contribution is 5.68. The predicted octanol–water partition coefficient (Wildman–Crippen LogP) is 2.00. The van der Waals surface area contributed by atoms with Crippen LogP contribution in [-0.2, 0) is 13.1 Å². The Labute approximate surface area is 131 Å². The molecule has 2 N–H and O–H groups in total. The minimum Gasteiger partial charge on any atom is -0.325 e. The van der Waals surface area contributed by atoms with E-state index < -0.39 is 0 Å². The quantitative estimate of drug-likeness (QED) is 0.886. The lowest BCUT2D eigenvalue weighted by Crippen LogP contribution is -2.25. The first-order valence-electron chi connectivity index (χ1n) is 7.95. The Balaban J connectivity index is 1.73. The van der Waals surface area contributed by atoms with Gasteiger partial charge >= 0.3 is 0 Å². The Morgan fingerprint density at radius 1 is 1.05 bits per heavy atom. The van der Waals surface area contributed by atoms with Crippen LogP contribution in [0.5, 0.6) is 0 Å². The minimum absolute atomic E-state index is 0.415. The van der Waals surface area contributed by atoms with Crippen molar-refractivity contribution in [3.8, 4) is 0 Å². The fourth-order valence-corrected chi connectivity index (χ4v) is 2.83. The number of rotatable bonds is 6. The van der Waals surface area contributed by atoms with Crippen molar-refractivity contribution in [2.75, 3.05) is 19.6 Å². The summed E-state index contributed by atoms with van der Waals surface area (Å²) in [6.45, 7) is 4.71. The first-order valence-corrected chi connectivity index (χ1v) is 7.95. The molecular formula is C17H23N5. The molecule has 1 aromatic carbocycles. The maximum atomic E-state index is 5.79. The summed E-state index contributed by atoms with van der Waals surface area (Å²) in [5.41, 5.74) is 8.83. The third-order valence-electron chi connectivity index (χ3n) is 4.10. The molecule has 1 aromatic heterocycles. The van der Waals surface area contributed by atoms with Crippen LogP contribution in [0.25, 0.3) is 12.2 Å². The molecule has 116 valence electrons. The molecule has 3 rings (SSSR count). The van der Waals surface area contributed by atoms with Crippen LogP contribution in [0, 0.1) is 0 Å². The highest BCUT2D eigenvalue weighted by Gasteiger charge is 2.13. The zero-order chi connectivity index (χ0) is 15.2. The lowest BCUT2D eigenvalue weighted by Gasteiger charge is -2.14. The second-order valence-electron chi connectivity index (χ2n) is 5.64. The van der Waals surface area contributed by atoms with Gasteiger partial charge in [0.15, 0.2) is 0 Å². The van der Waals surface area contributed by atoms with Crippen LogP contribution in [0.1, 0.15) is 29.8 Å². The van der Waals surface area contributed by atoms with Crippen molar-refractivity contribution in [3.63, 3.8) is 0 Å². The summed E-state index contributed by atoms with van der Waals surface area (Å²) in [6.07, 6.45) is 6.78. The van der Waals surface area contributed by atoms with Gasteiger partial charge in [0.05, 0.1) is 12.2 Å². The fourth-order valence-electron chi connectivity index (χ4n) is 2.83. The smallest absolute Gasteiger partial charge is 0.104 e. The third-order valence-corrected chi connectivity index (χ3v) is 4.10. The van der Waals surface area contributed by atoms with E-state index in [1.807, 2.05) is 22.9 Å². The van der Waals surface area contributed by atoms with Crippen molar-refractivity contribution in [1.82, 2.24) is 19.9 Å². The summed E-state index contributed by atoms with van der Waals surface area (Å²) in [6, 6.07) is 10.2. The summed E-state index contributed by atoms with van der Waals surface area (Å²) in [5, 5.41) is 8.48. The highest BCUT2D eigenvalue weighted by atomic mass is 15.4. The number of hydrogen-bond acceptors (Lipinski definition) is 4. The van der Waals surface area contributed by atoms with Gasteiger partial charge in [-0.3, -0.25) is 0 Å². The van der Waals surface area contributed by atoms with E-state index >= 15 is 0 Å². The number of hydrogen-bond donors (Lipinski definition) is 1. The lowest BCUT2D eigenvalue weighted by molar-refractivity contribution is 0.313. The van der Waals surface area contributed by atoms with Gasteiger partial charge in [-0.25, -0.2) is 4.68 Å². The summed E-state index contributed by atoms with van der Waals surface area (Å²) in [7, 11) is 0. The Morgan fingerprint density at radius 3 is 2.55 bits per heavy atom. The first-order chi connectivity index (χ1) is 10.9. The topological polar surface area (TPSA) is 60.0 Å². The Morgan fingerprint density at radius 2 is 1.82 bits per heavy atom. The minimum atomic E-state index is 0.415. The molecule has 1 saturated heterocycles. The Bertz CT molecular complexity index is 611. The Hall–Kier alpha value is -1.98. The third kappa shape index (κ3) is 3.61.